The number of amides is 1. The number of anilines is 1. The predicted molar refractivity (Wildman–Crippen MR) is 130 cm³/mol. The summed E-state index contributed by atoms with van der Waals surface area (Å²) < 4.78 is 1.82. The van der Waals surface area contributed by atoms with E-state index in [-0.39, 0.29) is 5.91 Å². The van der Waals surface area contributed by atoms with Crippen molar-refractivity contribution in [2.24, 2.45) is 0 Å². The first-order chi connectivity index (χ1) is 15.1. The van der Waals surface area contributed by atoms with Crippen LogP contribution in [0.15, 0.2) is 53.4 Å². The summed E-state index contributed by atoms with van der Waals surface area (Å²) >= 11 is 8.00. The largest absolute Gasteiger partial charge is 0.370 e. The fourth-order valence-electron chi connectivity index (χ4n) is 3.34. The van der Waals surface area contributed by atoms with Gasteiger partial charge in [0, 0.05) is 35.9 Å². The van der Waals surface area contributed by atoms with Crippen molar-refractivity contribution in [1.82, 2.24) is 19.9 Å². The molecule has 0 aliphatic heterocycles. The molecule has 4 aromatic rings. The summed E-state index contributed by atoms with van der Waals surface area (Å²) in [5.41, 5.74) is 4.58. The van der Waals surface area contributed by atoms with Crippen molar-refractivity contribution in [2.75, 3.05) is 18.4 Å². The first kappa shape index (κ1) is 21.4. The van der Waals surface area contributed by atoms with E-state index in [1.54, 1.807) is 11.3 Å². The van der Waals surface area contributed by atoms with Gasteiger partial charge in [0.2, 0.25) is 5.91 Å². The molecule has 2 N–H and O–H groups in total. The number of hydrogen-bond acceptors (Lipinski definition) is 5. The van der Waals surface area contributed by atoms with Crippen molar-refractivity contribution in [3.8, 4) is 11.3 Å². The van der Waals surface area contributed by atoms with Gasteiger partial charge in [-0.05, 0) is 46.8 Å². The van der Waals surface area contributed by atoms with Gasteiger partial charge in [-0.3, -0.25) is 4.79 Å². The molecule has 3 heterocycles. The highest BCUT2D eigenvalue weighted by Gasteiger charge is 2.12. The van der Waals surface area contributed by atoms with Crippen LogP contribution >= 0.6 is 22.9 Å². The van der Waals surface area contributed by atoms with Crippen LogP contribution in [0.4, 0.5) is 5.82 Å². The Morgan fingerprint density at radius 3 is 2.84 bits per heavy atom. The number of thiophene rings is 1. The number of fused-ring (bicyclic) bond motifs is 1. The molecule has 3 aromatic heterocycles. The van der Waals surface area contributed by atoms with Gasteiger partial charge < -0.3 is 10.6 Å². The summed E-state index contributed by atoms with van der Waals surface area (Å²) in [4.78, 5) is 16.7. The molecule has 31 heavy (non-hydrogen) atoms. The van der Waals surface area contributed by atoms with E-state index >= 15 is 0 Å². The lowest BCUT2D eigenvalue weighted by atomic mass is 10.0. The Kier molecular flexibility index (Phi) is 6.89. The number of halogens is 1. The second-order valence-electron chi connectivity index (χ2n) is 7.36. The first-order valence-electron chi connectivity index (χ1n) is 10.2. The lowest BCUT2D eigenvalue weighted by molar-refractivity contribution is -0.120. The van der Waals surface area contributed by atoms with Gasteiger partial charge >= 0.3 is 0 Å². The van der Waals surface area contributed by atoms with Gasteiger partial charge in [-0.2, -0.15) is 21.0 Å². The zero-order valence-corrected chi connectivity index (χ0v) is 18.8. The maximum Gasteiger partial charge on any atom is 0.224 e. The summed E-state index contributed by atoms with van der Waals surface area (Å²) in [6, 6.07) is 11.7. The average Bonchev–Trinajstić information content (AvgIpc) is 3.41. The summed E-state index contributed by atoms with van der Waals surface area (Å²) in [5.74, 6) is 0.938. The van der Waals surface area contributed by atoms with E-state index < -0.39 is 0 Å². The molecule has 0 saturated heterocycles. The molecule has 0 fully saturated rings. The van der Waals surface area contributed by atoms with Crippen molar-refractivity contribution >= 4 is 53.6 Å². The first-order valence-corrected chi connectivity index (χ1v) is 11.6. The summed E-state index contributed by atoms with van der Waals surface area (Å²) in [6.45, 7) is 1.43. The van der Waals surface area contributed by atoms with E-state index in [9.17, 15) is 4.79 Å². The molecule has 158 valence electrons. The van der Waals surface area contributed by atoms with Crippen molar-refractivity contribution < 1.29 is 4.79 Å². The van der Waals surface area contributed by atoms with E-state index in [2.05, 4.69) is 15.7 Å². The molecule has 0 radical (unpaired) electrons. The molecular formula is C22H23BClN5OS. The minimum absolute atomic E-state index is 0.0681. The standard InChI is InChI=1S/C22H23BClN5OS/c23-17-13-27-29-20(12-19(28-22(17)29)16-5-1-2-6-18(16)24)25-8-3-4-9-26-21(30)11-15-7-10-31-14-15/h1-2,5-7,10,12-14,25H,3-4,8-9,11,23H2,(H,26,30). The third-order valence-electron chi connectivity index (χ3n) is 4.97. The molecule has 0 aliphatic carbocycles. The van der Waals surface area contributed by atoms with Crippen molar-refractivity contribution in [1.29, 1.82) is 0 Å². The normalized spacial score (nSPS) is 11.0. The van der Waals surface area contributed by atoms with E-state index in [1.165, 1.54) is 0 Å². The fourth-order valence-corrected chi connectivity index (χ4v) is 4.24. The number of aromatic nitrogens is 3. The molecular weight excluding hydrogens is 429 g/mol. The second kappa shape index (κ2) is 9.98. The number of hydrogen-bond donors (Lipinski definition) is 2. The van der Waals surface area contributed by atoms with Gasteiger partial charge in [0.1, 0.15) is 13.7 Å². The number of unbranched alkanes of at least 4 members (excludes halogenated alkanes) is 1. The molecule has 1 aromatic carbocycles. The van der Waals surface area contributed by atoms with Crippen LogP contribution in [0.1, 0.15) is 18.4 Å². The maximum absolute atomic E-state index is 12.0. The van der Waals surface area contributed by atoms with Crippen molar-refractivity contribution in [2.45, 2.75) is 19.3 Å². The average molecular weight is 452 g/mol. The zero-order chi connectivity index (χ0) is 21.6. The van der Waals surface area contributed by atoms with Crippen LogP contribution in [0, 0.1) is 0 Å². The maximum atomic E-state index is 12.0. The Balaban J connectivity index is 1.35. The third kappa shape index (κ3) is 5.26. The second-order valence-corrected chi connectivity index (χ2v) is 8.55. The van der Waals surface area contributed by atoms with E-state index in [0.717, 1.165) is 53.1 Å². The highest BCUT2D eigenvalue weighted by molar-refractivity contribution is 7.08. The third-order valence-corrected chi connectivity index (χ3v) is 6.04. The Bertz CT molecular complexity index is 1180. The molecule has 0 spiro atoms. The summed E-state index contributed by atoms with van der Waals surface area (Å²) in [7, 11) is 1.99. The van der Waals surface area contributed by atoms with Gasteiger partial charge in [-0.25, -0.2) is 4.98 Å². The van der Waals surface area contributed by atoms with Gasteiger partial charge in [-0.15, -0.1) is 0 Å². The highest BCUT2D eigenvalue weighted by Crippen LogP contribution is 2.28. The Hall–Kier alpha value is -2.84. The van der Waals surface area contributed by atoms with Gasteiger partial charge in [0.05, 0.1) is 12.1 Å². The smallest absolute Gasteiger partial charge is 0.224 e. The quantitative estimate of drug-likeness (QED) is 0.303. The number of carbonyl (C=O) groups is 1. The predicted octanol–water partition coefficient (Wildman–Crippen LogP) is 2.92. The van der Waals surface area contributed by atoms with Crippen LogP contribution in [0.5, 0.6) is 0 Å². The zero-order valence-electron chi connectivity index (χ0n) is 17.3. The molecule has 1 amide bonds. The minimum atomic E-state index is 0.0681. The van der Waals surface area contributed by atoms with E-state index in [4.69, 9.17) is 16.6 Å². The topological polar surface area (TPSA) is 71.3 Å². The molecule has 0 unspecified atom stereocenters. The SMILES string of the molecule is Bc1cnn2c(NCCCCNC(=O)Cc3ccsc3)cc(-c3ccccc3Cl)nc12. The van der Waals surface area contributed by atoms with Crippen molar-refractivity contribution in [3.63, 3.8) is 0 Å². The number of benzene rings is 1. The summed E-state index contributed by atoms with van der Waals surface area (Å²) in [6.07, 6.45) is 4.07. The fraction of sp³-hybridized carbons (Fsp3) is 0.227. The van der Waals surface area contributed by atoms with Crippen LogP contribution in [-0.4, -0.2) is 41.4 Å². The minimum Gasteiger partial charge on any atom is -0.370 e. The Labute approximate surface area is 191 Å². The van der Waals surface area contributed by atoms with Crippen LogP contribution in [0.25, 0.3) is 16.9 Å². The van der Waals surface area contributed by atoms with Gasteiger partial charge in [0.25, 0.3) is 0 Å². The molecule has 6 nitrogen and oxygen atoms in total. The number of rotatable bonds is 9. The molecule has 0 aliphatic rings. The lowest BCUT2D eigenvalue weighted by Gasteiger charge is -2.12. The van der Waals surface area contributed by atoms with Gasteiger partial charge in [0.15, 0.2) is 5.65 Å². The molecule has 0 atom stereocenters. The van der Waals surface area contributed by atoms with E-state index in [1.807, 2.05) is 65.7 Å². The van der Waals surface area contributed by atoms with Crippen molar-refractivity contribution in [3.05, 3.63) is 63.9 Å². The Morgan fingerprint density at radius 2 is 2.03 bits per heavy atom. The highest BCUT2D eigenvalue weighted by atomic mass is 35.5. The molecule has 0 bridgehead atoms. The summed E-state index contributed by atoms with van der Waals surface area (Å²) in [5, 5.41) is 15.6. The molecule has 0 saturated carbocycles. The molecule has 4 rings (SSSR count). The van der Waals surface area contributed by atoms with Crippen LogP contribution in [0.2, 0.25) is 5.02 Å². The monoisotopic (exact) mass is 451 g/mol. The van der Waals surface area contributed by atoms with E-state index in [0.29, 0.717) is 18.0 Å². The van der Waals surface area contributed by atoms with Crippen LogP contribution in [0.3, 0.4) is 0 Å². The van der Waals surface area contributed by atoms with Crippen LogP contribution in [-0.2, 0) is 11.2 Å². The lowest BCUT2D eigenvalue weighted by Crippen LogP contribution is -2.26. The van der Waals surface area contributed by atoms with Gasteiger partial charge in [-0.1, -0.05) is 29.8 Å². The molecule has 9 heteroatoms. The number of nitrogens with one attached hydrogen (secondary N) is 2. The number of carbonyl (C=O) groups excluding carboxylic acids is 1. The Morgan fingerprint density at radius 1 is 1.19 bits per heavy atom. The van der Waals surface area contributed by atoms with Crippen LogP contribution < -0.4 is 16.1 Å². The number of nitrogens with zero attached hydrogens (tertiary/aromatic N) is 3.